The summed E-state index contributed by atoms with van der Waals surface area (Å²) in [5.41, 5.74) is 1.41. The third-order valence-electron chi connectivity index (χ3n) is 4.92. The SMILES string of the molecule is Cn1c(SCC(=O)Nc2sccc2C#N)nnc1-c1ccc(OC2CCCC2)cc1. The summed E-state index contributed by atoms with van der Waals surface area (Å²) in [5, 5.41) is 23.3. The number of nitrogens with zero attached hydrogens (tertiary/aromatic N) is 4. The average molecular weight is 440 g/mol. The van der Waals surface area contributed by atoms with E-state index in [2.05, 4.69) is 21.6 Å². The van der Waals surface area contributed by atoms with Crippen LogP contribution in [0.2, 0.25) is 0 Å². The quantitative estimate of drug-likeness (QED) is 0.546. The van der Waals surface area contributed by atoms with Gasteiger partial charge in [0.2, 0.25) is 5.91 Å². The first-order chi connectivity index (χ1) is 14.6. The normalized spacial score (nSPS) is 13.9. The van der Waals surface area contributed by atoms with Crippen LogP contribution in [0.4, 0.5) is 5.00 Å². The highest BCUT2D eigenvalue weighted by Crippen LogP contribution is 2.28. The zero-order valence-corrected chi connectivity index (χ0v) is 18.1. The van der Waals surface area contributed by atoms with Gasteiger partial charge in [-0.3, -0.25) is 4.79 Å². The lowest BCUT2D eigenvalue weighted by molar-refractivity contribution is -0.113. The van der Waals surface area contributed by atoms with Gasteiger partial charge >= 0.3 is 0 Å². The van der Waals surface area contributed by atoms with Crippen LogP contribution in [0.5, 0.6) is 5.75 Å². The first-order valence-electron chi connectivity index (χ1n) is 9.71. The Bertz CT molecular complexity index is 1060. The zero-order chi connectivity index (χ0) is 20.9. The van der Waals surface area contributed by atoms with Gasteiger partial charge in [-0.05, 0) is 61.4 Å². The summed E-state index contributed by atoms with van der Waals surface area (Å²) >= 11 is 2.64. The number of thioether (sulfide) groups is 1. The molecule has 154 valence electrons. The third-order valence-corrected chi connectivity index (χ3v) is 6.77. The van der Waals surface area contributed by atoms with E-state index in [1.54, 1.807) is 11.4 Å². The van der Waals surface area contributed by atoms with Crippen LogP contribution in [0, 0.1) is 11.3 Å². The van der Waals surface area contributed by atoms with Crippen molar-refractivity contribution >= 4 is 34.0 Å². The van der Waals surface area contributed by atoms with E-state index in [-0.39, 0.29) is 11.7 Å². The highest BCUT2D eigenvalue weighted by molar-refractivity contribution is 7.99. The molecule has 3 aromatic rings. The van der Waals surface area contributed by atoms with Crippen LogP contribution in [0.15, 0.2) is 40.9 Å². The fourth-order valence-electron chi connectivity index (χ4n) is 3.36. The second-order valence-corrected chi connectivity index (χ2v) is 8.88. The maximum absolute atomic E-state index is 12.2. The van der Waals surface area contributed by atoms with Gasteiger partial charge in [0.15, 0.2) is 11.0 Å². The minimum absolute atomic E-state index is 0.183. The van der Waals surface area contributed by atoms with E-state index in [0.29, 0.717) is 21.8 Å². The number of amides is 1. The Balaban J connectivity index is 1.36. The highest BCUT2D eigenvalue weighted by Gasteiger charge is 2.17. The summed E-state index contributed by atoms with van der Waals surface area (Å²) in [4.78, 5) is 12.2. The molecule has 1 aliphatic carbocycles. The van der Waals surface area contributed by atoms with Gasteiger partial charge in [0.1, 0.15) is 16.8 Å². The molecule has 4 rings (SSSR count). The second-order valence-electron chi connectivity index (χ2n) is 7.03. The van der Waals surface area contributed by atoms with Gasteiger partial charge in [0.05, 0.1) is 17.4 Å². The first kappa shape index (κ1) is 20.4. The van der Waals surface area contributed by atoms with Crippen LogP contribution in [-0.2, 0) is 11.8 Å². The molecule has 0 spiro atoms. The lowest BCUT2D eigenvalue weighted by atomic mass is 10.2. The number of nitrogens with one attached hydrogen (secondary N) is 1. The van der Waals surface area contributed by atoms with E-state index >= 15 is 0 Å². The number of thiophene rings is 1. The third kappa shape index (κ3) is 4.66. The van der Waals surface area contributed by atoms with Crippen LogP contribution in [0.1, 0.15) is 31.2 Å². The van der Waals surface area contributed by atoms with Crippen LogP contribution in [-0.4, -0.2) is 32.5 Å². The fourth-order valence-corrected chi connectivity index (χ4v) is 4.82. The van der Waals surface area contributed by atoms with Crippen molar-refractivity contribution in [1.82, 2.24) is 14.8 Å². The summed E-state index contributed by atoms with van der Waals surface area (Å²) in [7, 11) is 1.88. The van der Waals surface area contributed by atoms with Crippen molar-refractivity contribution in [3.63, 3.8) is 0 Å². The fraction of sp³-hybridized carbons (Fsp3) is 0.333. The van der Waals surface area contributed by atoms with Gasteiger partial charge in [-0.25, -0.2) is 0 Å². The molecule has 1 fully saturated rings. The van der Waals surface area contributed by atoms with Crippen molar-refractivity contribution < 1.29 is 9.53 Å². The molecule has 1 N–H and O–H groups in total. The largest absolute Gasteiger partial charge is 0.490 e. The van der Waals surface area contributed by atoms with Crippen LogP contribution in [0.3, 0.4) is 0 Å². The number of hydrogen-bond donors (Lipinski definition) is 1. The molecular formula is C21H21N5O2S2. The topological polar surface area (TPSA) is 92.8 Å². The molecule has 0 bridgehead atoms. The molecule has 0 radical (unpaired) electrons. The van der Waals surface area contributed by atoms with E-state index in [0.717, 1.165) is 30.0 Å². The Morgan fingerprint density at radius 3 is 2.80 bits per heavy atom. The molecule has 1 saturated carbocycles. The molecule has 7 nitrogen and oxygen atoms in total. The zero-order valence-electron chi connectivity index (χ0n) is 16.5. The molecule has 1 amide bonds. The molecule has 30 heavy (non-hydrogen) atoms. The first-order valence-corrected chi connectivity index (χ1v) is 11.6. The second kappa shape index (κ2) is 9.32. The summed E-state index contributed by atoms with van der Waals surface area (Å²) in [6.07, 6.45) is 5.07. The summed E-state index contributed by atoms with van der Waals surface area (Å²) in [6.45, 7) is 0. The van der Waals surface area contributed by atoms with Gasteiger partial charge in [-0.1, -0.05) is 11.8 Å². The van der Waals surface area contributed by atoms with E-state index in [9.17, 15) is 4.79 Å². The Labute approximate surface area is 183 Å². The van der Waals surface area contributed by atoms with Crippen molar-refractivity contribution in [2.45, 2.75) is 36.9 Å². The summed E-state index contributed by atoms with van der Waals surface area (Å²) < 4.78 is 7.89. The van der Waals surface area contributed by atoms with Gasteiger partial charge in [0, 0.05) is 12.6 Å². The molecule has 2 heterocycles. The number of nitriles is 1. The van der Waals surface area contributed by atoms with E-state index < -0.39 is 0 Å². The number of ether oxygens (including phenoxy) is 1. The van der Waals surface area contributed by atoms with Crippen molar-refractivity contribution in [3.8, 4) is 23.2 Å². The van der Waals surface area contributed by atoms with Gasteiger partial charge in [0.25, 0.3) is 0 Å². The maximum Gasteiger partial charge on any atom is 0.235 e. The summed E-state index contributed by atoms with van der Waals surface area (Å²) in [5.74, 6) is 1.61. The number of rotatable bonds is 7. The molecule has 0 unspecified atom stereocenters. The molecular weight excluding hydrogens is 418 g/mol. The number of carbonyl (C=O) groups excluding carboxylic acids is 1. The molecule has 1 aliphatic rings. The molecule has 0 saturated heterocycles. The number of benzene rings is 1. The minimum Gasteiger partial charge on any atom is -0.490 e. The van der Waals surface area contributed by atoms with Gasteiger partial charge < -0.3 is 14.6 Å². The Hall–Kier alpha value is -2.83. The molecule has 9 heteroatoms. The predicted molar refractivity (Wildman–Crippen MR) is 118 cm³/mol. The number of aromatic nitrogens is 3. The van der Waals surface area contributed by atoms with Crippen LogP contribution < -0.4 is 10.1 Å². The van der Waals surface area contributed by atoms with Crippen molar-refractivity contribution in [2.75, 3.05) is 11.1 Å². The number of hydrogen-bond acceptors (Lipinski definition) is 7. The molecule has 0 atom stereocenters. The average Bonchev–Trinajstić information content (AvgIpc) is 3.49. The number of anilines is 1. The Morgan fingerprint density at radius 2 is 2.07 bits per heavy atom. The van der Waals surface area contributed by atoms with E-state index in [1.165, 1.54) is 35.9 Å². The maximum atomic E-state index is 12.2. The van der Waals surface area contributed by atoms with Gasteiger partial charge in [-0.15, -0.1) is 21.5 Å². The minimum atomic E-state index is -0.183. The van der Waals surface area contributed by atoms with Gasteiger partial charge in [-0.2, -0.15) is 5.26 Å². The highest BCUT2D eigenvalue weighted by atomic mass is 32.2. The predicted octanol–water partition coefficient (Wildman–Crippen LogP) is 4.47. The van der Waals surface area contributed by atoms with E-state index in [1.807, 2.05) is 35.9 Å². The van der Waals surface area contributed by atoms with Crippen molar-refractivity contribution in [2.24, 2.45) is 7.05 Å². The Kier molecular flexibility index (Phi) is 6.35. The van der Waals surface area contributed by atoms with Crippen LogP contribution in [0.25, 0.3) is 11.4 Å². The molecule has 0 aliphatic heterocycles. The number of carbonyl (C=O) groups is 1. The molecule has 1 aromatic carbocycles. The van der Waals surface area contributed by atoms with E-state index in [4.69, 9.17) is 10.00 Å². The lowest BCUT2D eigenvalue weighted by Crippen LogP contribution is -2.14. The van der Waals surface area contributed by atoms with Crippen molar-refractivity contribution in [1.29, 1.82) is 5.26 Å². The molecule has 2 aromatic heterocycles. The standard InChI is InChI=1S/C21H21N5O2S2/c1-26-19(14-6-8-17(9-7-14)28-16-4-2-3-5-16)24-25-21(26)30-13-18(27)23-20-15(12-22)10-11-29-20/h6-11,16H,2-5,13H2,1H3,(H,23,27). The van der Waals surface area contributed by atoms with Crippen molar-refractivity contribution in [3.05, 3.63) is 41.3 Å². The van der Waals surface area contributed by atoms with Crippen LogP contribution >= 0.6 is 23.1 Å². The Morgan fingerprint density at radius 1 is 1.30 bits per heavy atom. The monoisotopic (exact) mass is 439 g/mol. The lowest BCUT2D eigenvalue weighted by Gasteiger charge is -2.13. The smallest absolute Gasteiger partial charge is 0.235 e. The summed E-state index contributed by atoms with van der Waals surface area (Å²) in [6, 6.07) is 11.7.